The fourth-order valence-electron chi connectivity index (χ4n) is 2.63. The van der Waals surface area contributed by atoms with E-state index in [1.54, 1.807) is 6.92 Å². The third-order valence-corrected chi connectivity index (χ3v) is 4.22. The summed E-state index contributed by atoms with van der Waals surface area (Å²) in [7, 11) is 0. The standard InChI is InChI=1S/C19H36O2/c1-3-4-5-6-7-8-9-10-11-12-13-14-15-16-17-18(2)19(20)21/h3,18H,1,4-17H2,2H3,(H,20,21). The molecule has 2 heteroatoms. The number of hydrogen-bond acceptors (Lipinski definition) is 1. The minimum atomic E-state index is -0.653. The van der Waals surface area contributed by atoms with Gasteiger partial charge in [0.2, 0.25) is 0 Å². The number of allylic oxidation sites excluding steroid dienone is 1. The van der Waals surface area contributed by atoms with Crippen LogP contribution in [0.3, 0.4) is 0 Å². The van der Waals surface area contributed by atoms with Gasteiger partial charge in [-0.2, -0.15) is 0 Å². The van der Waals surface area contributed by atoms with E-state index in [1.807, 2.05) is 6.08 Å². The molecule has 0 aromatic heterocycles. The Kier molecular flexibility index (Phi) is 15.0. The van der Waals surface area contributed by atoms with Gasteiger partial charge in [0.25, 0.3) is 0 Å². The number of rotatable bonds is 16. The molecule has 0 aliphatic heterocycles. The van der Waals surface area contributed by atoms with Crippen molar-refractivity contribution in [3.8, 4) is 0 Å². The van der Waals surface area contributed by atoms with Crippen molar-refractivity contribution in [3.63, 3.8) is 0 Å². The molecule has 0 amide bonds. The van der Waals surface area contributed by atoms with E-state index in [-0.39, 0.29) is 5.92 Å². The maximum Gasteiger partial charge on any atom is 0.306 e. The highest BCUT2D eigenvalue weighted by Gasteiger charge is 2.09. The van der Waals surface area contributed by atoms with Gasteiger partial charge in [-0.25, -0.2) is 0 Å². The Labute approximate surface area is 132 Å². The van der Waals surface area contributed by atoms with E-state index in [1.165, 1.54) is 77.0 Å². The van der Waals surface area contributed by atoms with Crippen molar-refractivity contribution < 1.29 is 9.90 Å². The summed E-state index contributed by atoms with van der Waals surface area (Å²) in [6.07, 6.45) is 19.8. The molecule has 0 fully saturated rings. The van der Waals surface area contributed by atoms with Gasteiger partial charge in [0.05, 0.1) is 5.92 Å². The molecule has 0 radical (unpaired) electrons. The monoisotopic (exact) mass is 296 g/mol. The third kappa shape index (κ3) is 15.4. The van der Waals surface area contributed by atoms with Crippen molar-refractivity contribution in [3.05, 3.63) is 12.7 Å². The van der Waals surface area contributed by atoms with E-state index >= 15 is 0 Å². The van der Waals surface area contributed by atoms with E-state index in [2.05, 4.69) is 6.58 Å². The highest BCUT2D eigenvalue weighted by Crippen LogP contribution is 2.14. The molecule has 0 aliphatic rings. The first-order valence-corrected chi connectivity index (χ1v) is 9.02. The van der Waals surface area contributed by atoms with Crippen LogP contribution < -0.4 is 0 Å². The number of hydrogen-bond donors (Lipinski definition) is 1. The van der Waals surface area contributed by atoms with Gasteiger partial charge in [-0.05, 0) is 19.3 Å². The van der Waals surface area contributed by atoms with Crippen LogP contribution in [0.4, 0.5) is 0 Å². The summed E-state index contributed by atoms with van der Waals surface area (Å²) in [5, 5.41) is 8.78. The summed E-state index contributed by atoms with van der Waals surface area (Å²) in [6.45, 7) is 5.55. The molecular weight excluding hydrogens is 260 g/mol. The summed E-state index contributed by atoms with van der Waals surface area (Å²) in [6, 6.07) is 0. The van der Waals surface area contributed by atoms with Crippen molar-refractivity contribution >= 4 is 5.97 Å². The van der Waals surface area contributed by atoms with Crippen molar-refractivity contribution in [1.82, 2.24) is 0 Å². The molecule has 2 nitrogen and oxygen atoms in total. The maximum absolute atomic E-state index is 10.7. The summed E-state index contributed by atoms with van der Waals surface area (Å²) in [4.78, 5) is 10.7. The van der Waals surface area contributed by atoms with Crippen LogP contribution in [0.15, 0.2) is 12.7 Å². The minimum Gasteiger partial charge on any atom is -0.481 e. The normalized spacial score (nSPS) is 12.2. The third-order valence-electron chi connectivity index (χ3n) is 4.22. The van der Waals surface area contributed by atoms with E-state index in [9.17, 15) is 4.79 Å². The molecular formula is C19H36O2. The fraction of sp³-hybridized carbons (Fsp3) is 0.842. The molecule has 0 heterocycles. The Morgan fingerprint density at radius 1 is 0.857 bits per heavy atom. The zero-order valence-corrected chi connectivity index (χ0v) is 14.1. The summed E-state index contributed by atoms with van der Waals surface area (Å²) in [5.41, 5.74) is 0. The average molecular weight is 296 g/mol. The quantitative estimate of drug-likeness (QED) is 0.266. The highest BCUT2D eigenvalue weighted by atomic mass is 16.4. The van der Waals surface area contributed by atoms with Crippen molar-refractivity contribution in [2.24, 2.45) is 5.92 Å². The van der Waals surface area contributed by atoms with E-state index in [0.717, 1.165) is 12.8 Å². The second-order valence-electron chi connectivity index (χ2n) is 6.35. The zero-order chi connectivity index (χ0) is 15.8. The van der Waals surface area contributed by atoms with Gasteiger partial charge in [0, 0.05) is 0 Å². The Morgan fingerprint density at radius 3 is 1.62 bits per heavy atom. The van der Waals surface area contributed by atoms with Crippen LogP contribution in [0.2, 0.25) is 0 Å². The topological polar surface area (TPSA) is 37.3 Å². The van der Waals surface area contributed by atoms with Crippen LogP contribution >= 0.6 is 0 Å². The van der Waals surface area contributed by atoms with Gasteiger partial charge in [-0.15, -0.1) is 6.58 Å². The first-order chi connectivity index (χ1) is 10.2. The second-order valence-corrected chi connectivity index (χ2v) is 6.35. The van der Waals surface area contributed by atoms with Crippen molar-refractivity contribution in [2.75, 3.05) is 0 Å². The predicted octanol–water partition coefficient (Wildman–Crippen LogP) is 6.35. The lowest BCUT2D eigenvalue weighted by molar-refractivity contribution is -0.141. The van der Waals surface area contributed by atoms with Crippen LogP contribution in [-0.4, -0.2) is 11.1 Å². The number of carboxylic acid groups (broad SMARTS) is 1. The van der Waals surface area contributed by atoms with Gasteiger partial charge in [-0.3, -0.25) is 4.79 Å². The Balaban J connectivity index is 3.06. The largest absolute Gasteiger partial charge is 0.481 e. The molecule has 0 rings (SSSR count). The molecule has 1 atom stereocenters. The molecule has 0 saturated heterocycles. The average Bonchev–Trinajstić information content (AvgIpc) is 2.47. The predicted molar refractivity (Wildman–Crippen MR) is 91.6 cm³/mol. The lowest BCUT2D eigenvalue weighted by atomic mass is 10.0. The molecule has 21 heavy (non-hydrogen) atoms. The van der Waals surface area contributed by atoms with Crippen LogP contribution in [0.25, 0.3) is 0 Å². The maximum atomic E-state index is 10.7. The molecule has 0 aromatic rings. The van der Waals surface area contributed by atoms with E-state index in [0.29, 0.717) is 0 Å². The SMILES string of the molecule is C=CCCCCCCCCCCCCCCC(C)C(=O)O. The van der Waals surface area contributed by atoms with Gasteiger partial charge in [0.15, 0.2) is 0 Å². The molecule has 0 aliphatic carbocycles. The molecule has 1 N–H and O–H groups in total. The van der Waals surface area contributed by atoms with Crippen molar-refractivity contribution in [1.29, 1.82) is 0 Å². The van der Waals surface area contributed by atoms with Crippen LogP contribution in [0.5, 0.6) is 0 Å². The number of carboxylic acids is 1. The Bertz CT molecular complexity index is 248. The zero-order valence-electron chi connectivity index (χ0n) is 14.1. The minimum absolute atomic E-state index is 0.170. The van der Waals surface area contributed by atoms with E-state index in [4.69, 9.17) is 5.11 Å². The smallest absolute Gasteiger partial charge is 0.306 e. The van der Waals surface area contributed by atoms with Gasteiger partial charge < -0.3 is 5.11 Å². The first kappa shape index (κ1) is 20.2. The van der Waals surface area contributed by atoms with Crippen LogP contribution in [-0.2, 0) is 4.79 Å². The Morgan fingerprint density at radius 2 is 1.24 bits per heavy atom. The summed E-state index contributed by atoms with van der Waals surface area (Å²) in [5.74, 6) is -0.823. The number of unbranched alkanes of at least 4 members (excludes halogenated alkanes) is 12. The highest BCUT2D eigenvalue weighted by molar-refractivity contribution is 5.69. The van der Waals surface area contributed by atoms with Gasteiger partial charge >= 0.3 is 5.97 Å². The van der Waals surface area contributed by atoms with Crippen molar-refractivity contribution in [2.45, 2.75) is 96.8 Å². The van der Waals surface area contributed by atoms with Gasteiger partial charge in [0.1, 0.15) is 0 Å². The number of aliphatic carboxylic acids is 1. The summed E-state index contributed by atoms with van der Waals surface area (Å²) >= 11 is 0. The molecule has 0 spiro atoms. The number of carbonyl (C=O) groups is 1. The summed E-state index contributed by atoms with van der Waals surface area (Å²) < 4.78 is 0. The first-order valence-electron chi connectivity index (χ1n) is 9.02. The fourth-order valence-corrected chi connectivity index (χ4v) is 2.63. The molecule has 124 valence electrons. The molecule has 0 bridgehead atoms. The molecule has 0 aromatic carbocycles. The van der Waals surface area contributed by atoms with E-state index < -0.39 is 5.97 Å². The second kappa shape index (κ2) is 15.6. The Hall–Kier alpha value is -0.790. The molecule has 0 saturated carbocycles. The van der Waals surface area contributed by atoms with Crippen LogP contribution in [0, 0.1) is 5.92 Å². The molecule has 1 unspecified atom stereocenters. The lowest BCUT2D eigenvalue weighted by Crippen LogP contribution is -2.08. The van der Waals surface area contributed by atoms with Crippen LogP contribution in [0.1, 0.15) is 96.8 Å². The lowest BCUT2D eigenvalue weighted by Gasteiger charge is -2.05. The van der Waals surface area contributed by atoms with Gasteiger partial charge in [-0.1, -0.05) is 83.6 Å².